The molecule has 7 nitrogen and oxygen atoms in total. The van der Waals surface area contributed by atoms with E-state index >= 15 is 0 Å². The van der Waals surface area contributed by atoms with Crippen LogP contribution in [0.2, 0.25) is 0 Å². The van der Waals surface area contributed by atoms with Crippen LogP contribution >= 0.6 is 0 Å². The third-order valence-corrected chi connectivity index (χ3v) is 3.88. The zero-order valence-corrected chi connectivity index (χ0v) is 13.1. The van der Waals surface area contributed by atoms with E-state index in [9.17, 15) is 19.1 Å². The van der Waals surface area contributed by atoms with Gasteiger partial charge in [0.25, 0.3) is 0 Å². The molecule has 2 aromatic heterocycles. The number of H-pyrrole nitrogens is 1. The van der Waals surface area contributed by atoms with Gasteiger partial charge in [0.15, 0.2) is 5.69 Å². The van der Waals surface area contributed by atoms with Gasteiger partial charge in [0.05, 0.1) is 17.8 Å². The van der Waals surface area contributed by atoms with Crippen molar-refractivity contribution in [2.24, 2.45) is 7.05 Å². The first-order valence-electron chi connectivity index (χ1n) is 7.19. The molecule has 0 atom stereocenters. The van der Waals surface area contributed by atoms with Gasteiger partial charge in [-0.25, -0.2) is 9.18 Å². The first-order valence-corrected chi connectivity index (χ1v) is 7.19. The lowest BCUT2D eigenvalue weighted by Gasteiger charge is -2.05. The van der Waals surface area contributed by atoms with E-state index in [1.165, 1.54) is 16.8 Å². The van der Waals surface area contributed by atoms with Crippen molar-refractivity contribution in [3.63, 3.8) is 0 Å². The van der Waals surface area contributed by atoms with E-state index in [1.54, 1.807) is 26.2 Å². The molecule has 0 unspecified atom stereocenters. The van der Waals surface area contributed by atoms with Crippen LogP contribution in [-0.2, 0) is 18.3 Å². The molecule has 0 radical (unpaired) electrons. The van der Waals surface area contributed by atoms with Crippen LogP contribution in [0.3, 0.4) is 0 Å². The summed E-state index contributed by atoms with van der Waals surface area (Å²) >= 11 is 0. The highest BCUT2D eigenvalue weighted by Gasteiger charge is 2.21. The number of aromatic amines is 1. The van der Waals surface area contributed by atoms with Crippen molar-refractivity contribution in [3.05, 3.63) is 47.2 Å². The average Bonchev–Trinajstić information content (AvgIpc) is 3.03. The Kier molecular flexibility index (Phi) is 3.80. The topological polar surface area (TPSA) is 100 Å². The molecule has 1 amide bonds. The normalized spacial score (nSPS) is 11.0. The molecule has 3 aromatic rings. The molecular weight excluding hydrogens is 315 g/mol. The number of aromatic nitrogens is 3. The maximum Gasteiger partial charge on any atom is 0.358 e. The van der Waals surface area contributed by atoms with Crippen molar-refractivity contribution in [1.29, 1.82) is 0 Å². The molecule has 0 bridgehead atoms. The number of carboxylic acids is 1. The Morgan fingerprint density at radius 3 is 2.88 bits per heavy atom. The largest absolute Gasteiger partial charge is 0.476 e. The fourth-order valence-corrected chi connectivity index (χ4v) is 2.56. The zero-order chi connectivity index (χ0) is 17.4. The van der Waals surface area contributed by atoms with Crippen LogP contribution in [0.25, 0.3) is 10.9 Å². The first-order chi connectivity index (χ1) is 11.4. The number of anilines is 1. The Bertz CT molecular complexity index is 958. The molecule has 124 valence electrons. The number of hydrogen-bond donors (Lipinski definition) is 3. The van der Waals surface area contributed by atoms with Crippen LogP contribution < -0.4 is 5.32 Å². The number of amides is 1. The molecule has 0 saturated heterocycles. The van der Waals surface area contributed by atoms with Crippen LogP contribution in [0.15, 0.2) is 24.4 Å². The van der Waals surface area contributed by atoms with Crippen LogP contribution in [0, 0.1) is 12.7 Å². The van der Waals surface area contributed by atoms with E-state index in [2.05, 4.69) is 15.4 Å². The van der Waals surface area contributed by atoms with E-state index < -0.39 is 11.9 Å². The first kappa shape index (κ1) is 15.7. The molecule has 3 N–H and O–H groups in total. The van der Waals surface area contributed by atoms with Crippen molar-refractivity contribution in [2.45, 2.75) is 13.3 Å². The van der Waals surface area contributed by atoms with Gasteiger partial charge in [-0.3, -0.25) is 9.48 Å². The number of rotatable bonds is 4. The smallest absolute Gasteiger partial charge is 0.358 e. The molecule has 0 aliphatic rings. The van der Waals surface area contributed by atoms with Crippen LogP contribution in [0.5, 0.6) is 0 Å². The molecule has 3 rings (SSSR count). The standard InChI is InChI=1S/C16H15FN4O3/c1-8-14(15(16(23)24)20-21(8)2)19-13(22)5-9-7-18-12-4-3-10(17)6-11(9)12/h3-4,6-7,18H,5H2,1-2H3,(H,19,22)(H,23,24). The van der Waals surface area contributed by atoms with Gasteiger partial charge in [-0.15, -0.1) is 0 Å². The van der Waals surface area contributed by atoms with Crippen molar-refractivity contribution < 1.29 is 19.1 Å². The summed E-state index contributed by atoms with van der Waals surface area (Å²) in [5.41, 5.74) is 1.84. The molecule has 0 aliphatic heterocycles. The molecule has 1 aromatic carbocycles. The third kappa shape index (κ3) is 2.73. The Balaban J connectivity index is 1.86. The van der Waals surface area contributed by atoms with Gasteiger partial charge in [0.2, 0.25) is 5.91 Å². The lowest BCUT2D eigenvalue weighted by molar-refractivity contribution is -0.115. The number of benzene rings is 1. The number of nitrogens with zero attached hydrogens (tertiary/aromatic N) is 2. The van der Waals surface area contributed by atoms with E-state index in [-0.39, 0.29) is 23.6 Å². The van der Waals surface area contributed by atoms with Gasteiger partial charge < -0.3 is 15.4 Å². The van der Waals surface area contributed by atoms with Crippen LogP contribution in [0.4, 0.5) is 10.1 Å². The number of hydrogen-bond acceptors (Lipinski definition) is 3. The zero-order valence-electron chi connectivity index (χ0n) is 13.1. The fraction of sp³-hybridized carbons (Fsp3) is 0.188. The quantitative estimate of drug-likeness (QED) is 0.683. The number of halogens is 1. The molecule has 0 fully saturated rings. The molecule has 0 aliphatic carbocycles. The molecule has 8 heteroatoms. The predicted octanol–water partition coefficient (Wildman–Crippen LogP) is 2.23. The summed E-state index contributed by atoms with van der Waals surface area (Å²) in [7, 11) is 1.60. The van der Waals surface area contributed by atoms with Crippen molar-refractivity contribution in [2.75, 3.05) is 5.32 Å². The summed E-state index contributed by atoms with van der Waals surface area (Å²) in [4.78, 5) is 26.5. The van der Waals surface area contributed by atoms with Gasteiger partial charge in [0.1, 0.15) is 5.82 Å². The van der Waals surface area contributed by atoms with Crippen LogP contribution in [0.1, 0.15) is 21.7 Å². The monoisotopic (exact) mass is 330 g/mol. The van der Waals surface area contributed by atoms with Gasteiger partial charge in [-0.05, 0) is 30.7 Å². The summed E-state index contributed by atoms with van der Waals surface area (Å²) < 4.78 is 14.8. The minimum Gasteiger partial charge on any atom is -0.476 e. The molecule has 2 heterocycles. The average molecular weight is 330 g/mol. The second kappa shape index (κ2) is 5.80. The Labute approximate surface area is 136 Å². The Hall–Kier alpha value is -3.16. The van der Waals surface area contributed by atoms with Gasteiger partial charge in [-0.2, -0.15) is 5.10 Å². The van der Waals surface area contributed by atoms with Crippen LogP contribution in [-0.4, -0.2) is 31.7 Å². The number of aromatic carboxylic acids is 1. The van der Waals surface area contributed by atoms with Crippen molar-refractivity contribution >= 4 is 28.5 Å². The second-order valence-electron chi connectivity index (χ2n) is 5.47. The minimum atomic E-state index is -1.22. The van der Waals surface area contributed by atoms with E-state index in [0.29, 0.717) is 16.6 Å². The van der Waals surface area contributed by atoms with E-state index in [4.69, 9.17) is 0 Å². The summed E-state index contributed by atoms with van der Waals surface area (Å²) in [5, 5.41) is 16.2. The number of nitrogens with one attached hydrogen (secondary N) is 2. The summed E-state index contributed by atoms with van der Waals surface area (Å²) in [6, 6.07) is 4.28. The Morgan fingerprint density at radius 2 is 2.17 bits per heavy atom. The van der Waals surface area contributed by atoms with E-state index in [0.717, 1.165) is 5.52 Å². The summed E-state index contributed by atoms with van der Waals surface area (Å²) in [6.07, 6.45) is 1.62. The summed E-state index contributed by atoms with van der Waals surface area (Å²) in [6.45, 7) is 1.66. The number of carbonyl (C=O) groups is 2. The SMILES string of the molecule is Cc1c(NC(=O)Cc2c[nH]c3ccc(F)cc23)c(C(=O)O)nn1C. The van der Waals surface area contributed by atoms with Gasteiger partial charge >= 0.3 is 5.97 Å². The number of fused-ring (bicyclic) bond motifs is 1. The summed E-state index contributed by atoms with van der Waals surface area (Å²) in [5.74, 6) is -2.01. The highest BCUT2D eigenvalue weighted by atomic mass is 19.1. The molecule has 0 saturated carbocycles. The van der Waals surface area contributed by atoms with Crippen molar-refractivity contribution in [3.8, 4) is 0 Å². The van der Waals surface area contributed by atoms with E-state index in [1.807, 2.05) is 0 Å². The highest BCUT2D eigenvalue weighted by Crippen LogP contribution is 2.22. The molecular formula is C16H15FN4O3. The number of carbonyl (C=O) groups excluding carboxylic acids is 1. The lowest BCUT2D eigenvalue weighted by atomic mass is 10.1. The highest BCUT2D eigenvalue weighted by molar-refractivity contribution is 6.01. The number of carboxylic acid groups (broad SMARTS) is 1. The second-order valence-corrected chi connectivity index (χ2v) is 5.47. The van der Waals surface area contributed by atoms with Crippen molar-refractivity contribution in [1.82, 2.24) is 14.8 Å². The molecule has 24 heavy (non-hydrogen) atoms. The molecule has 0 spiro atoms. The maximum atomic E-state index is 13.4. The lowest BCUT2D eigenvalue weighted by Crippen LogP contribution is -2.16. The Morgan fingerprint density at radius 1 is 1.42 bits per heavy atom. The minimum absolute atomic E-state index is 0.0170. The number of aryl methyl sites for hydroxylation is 1. The predicted molar refractivity (Wildman–Crippen MR) is 85.5 cm³/mol. The van der Waals surface area contributed by atoms with Gasteiger partial charge in [0, 0.05) is 24.1 Å². The maximum absolute atomic E-state index is 13.4. The fourth-order valence-electron chi connectivity index (χ4n) is 2.56. The third-order valence-electron chi connectivity index (χ3n) is 3.88. The van der Waals surface area contributed by atoms with Gasteiger partial charge in [-0.1, -0.05) is 0 Å².